The van der Waals surface area contributed by atoms with Gasteiger partial charge >= 0.3 is 5.97 Å². The van der Waals surface area contributed by atoms with Crippen molar-refractivity contribution < 1.29 is 14.3 Å². The minimum Gasteiger partial charge on any atom is -0.462 e. The van der Waals surface area contributed by atoms with Crippen molar-refractivity contribution in [1.29, 1.82) is 5.26 Å². The summed E-state index contributed by atoms with van der Waals surface area (Å²) in [4.78, 5) is 11.6. The number of nitrogens with zero attached hydrogens (tertiary/aromatic N) is 1. The van der Waals surface area contributed by atoms with Crippen molar-refractivity contribution in [2.45, 2.75) is 19.4 Å². The summed E-state index contributed by atoms with van der Waals surface area (Å²) in [6, 6.07) is 8.34. The minimum absolute atomic E-state index is 0.0729. The first-order chi connectivity index (χ1) is 8.17. The van der Waals surface area contributed by atoms with Crippen LogP contribution in [-0.4, -0.2) is 25.8 Å². The Bertz CT molecular complexity index is 406. The van der Waals surface area contributed by atoms with E-state index in [2.05, 4.69) is 0 Å². The van der Waals surface area contributed by atoms with Gasteiger partial charge in [0.05, 0.1) is 29.9 Å². The standard InChI is InChI=1S/C13H15NO3/c1-10(16-2)7-8-17-13(15)12-5-3-11(9-14)4-6-12/h3-6,10H,7-8H2,1-2H3. The highest BCUT2D eigenvalue weighted by atomic mass is 16.5. The molecule has 0 N–H and O–H groups in total. The summed E-state index contributed by atoms with van der Waals surface area (Å²) < 4.78 is 10.1. The van der Waals surface area contributed by atoms with E-state index in [1.165, 1.54) is 0 Å². The van der Waals surface area contributed by atoms with E-state index < -0.39 is 0 Å². The molecule has 1 unspecified atom stereocenters. The highest BCUT2D eigenvalue weighted by molar-refractivity contribution is 5.89. The van der Waals surface area contributed by atoms with Crippen molar-refractivity contribution in [3.05, 3.63) is 35.4 Å². The van der Waals surface area contributed by atoms with Gasteiger partial charge in [0.25, 0.3) is 0 Å². The first-order valence-corrected chi connectivity index (χ1v) is 5.37. The molecule has 1 atom stereocenters. The zero-order valence-corrected chi connectivity index (χ0v) is 9.97. The molecule has 0 aliphatic rings. The monoisotopic (exact) mass is 233 g/mol. The molecule has 1 aromatic rings. The van der Waals surface area contributed by atoms with Crippen molar-refractivity contribution in [2.24, 2.45) is 0 Å². The number of nitriles is 1. The normalized spacial score (nSPS) is 11.6. The van der Waals surface area contributed by atoms with Crippen LogP contribution in [0.15, 0.2) is 24.3 Å². The Morgan fingerprint density at radius 3 is 2.59 bits per heavy atom. The molecular weight excluding hydrogens is 218 g/mol. The van der Waals surface area contributed by atoms with E-state index in [1.54, 1.807) is 31.4 Å². The van der Waals surface area contributed by atoms with E-state index >= 15 is 0 Å². The number of ether oxygens (including phenoxy) is 2. The van der Waals surface area contributed by atoms with Gasteiger partial charge in [0.15, 0.2) is 0 Å². The quantitative estimate of drug-likeness (QED) is 0.731. The first-order valence-electron chi connectivity index (χ1n) is 5.37. The zero-order chi connectivity index (χ0) is 12.7. The molecule has 17 heavy (non-hydrogen) atoms. The second-order valence-electron chi connectivity index (χ2n) is 3.66. The van der Waals surface area contributed by atoms with Gasteiger partial charge in [-0.15, -0.1) is 0 Å². The van der Waals surface area contributed by atoms with E-state index in [4.69, 9.17) is 14.7 Å². The van der Waals surface area contributed by atoms with E-state index in [9.17, 15) is 4.79 Å². The van der Waals surface area contributed by atoms with Crippen LogP contribution in [0.5, 0.6) is 0 Å². The Morgan fingerprint density at radius 2 is 2.06 bits per heavy atom. The predicted octanol–water partition coefficient (Wildman–Crippen LogP) is 2.14. The lowest BCUT2D eigenvalue weighted by Gasteiger charge is -2.09. The molecule has 0 aliphatic heterocycles. The molecule has 90 valence electrons. The molecule has 0 radical (unpaired) electrons. The van der Waals surface area contributed by atoms with E-state index in [0.717, 1.165) is 0 Å². The van der Waals surface area contributed by atoms with Gasteiger partial charge in [0, 0.05) is 13.5 Å². The Kier molecular flexibility index (Phi) is 5.18. The molecule has 1 rings (SSSR count). The Hall–Kier alpha value is -1.86. The molecule has 4 nitrogen and oxygen atoms in total. The number of benzene rings is 1. The summed E-state index contributed by atoms with van der Waals surface area (Å²) in [6.07, 6.45) is 0.738. The molecule has 0 aromatic heterocycles. The van der Waals surface area contributed by atoms with Gasteiger partial charge in [-0.1, -0.05) is 0 Å². The Balaban J connectivity index is 2.44. The summed E-state index contributed by atoms with van der Waals surface area (Å²) in [5.41, 5.74) is 0.976. The third kappa shape index (κ3) is 4.25. The van der Waals surface area contributed by atoms with Gasteiger partial charge in [0.2, 0.25) is 0 Å². The number of esters is 1. The maximum Gasteiger partial charge on any atom is 0.338 e. The first kappa shape index (κ1) is 13.2. The third-order valence-corrected chi connectivity index (χ3v) is 2.41. The lowest BCUT2D eigenvalue weighted by Crippen LogP contribution is -2.12. The van der Waals surface area contributed by atoms with E-state index in [-0.39, 0.29) is 12.1 Å². The van der Waals surface area contributed by atoms with Crippen LogP contribution in [0, 0.1) is 11.3 Å². The van der Waals surface area contributed by atoms with Crippen molar-refractivity contribution in [3.63, 3.8) is 0 Å². The number of rotatable bonds is 5. The van der Waals surface area contributed by atoms with Gasteiger partial charge in [-0.3, -0.25) is 0 Å². The molecule has 0 saturated carbocycles. The zero-order valence-electron chi connectivity index (χ0n) is 9.97. The van der Waals surface area contributed by atoms with Crippen molar-refractivity contribution in [1.82, 2.24) is 0 Å². The van der Waals surface area contributed by atoms with Gasteiger partial charge in [0.1, 0.15) is 0 Å². The van der Waals surface area contributed by atoms with Crippen molar-refractivity contribution in [3.8, 4) is 6.07 Å². The smallest absolute Gasteiger partial charge is 0.338 e. The van der Waals surface area contributed by atoms with Crippen LogP contribution < -0.4 is 0 Å². The maximum atomic E-state index is 11.6. The maximum absolute atomic E-state index is 11.6. The molecular formula is C13H15NO3. The molecule has 0 spiro atoms. The van der Waals surface area contributed by atoms with Crippen molar-refractivity contribution in [2.75, 3.05) is 13.7 Å². The fraction of sp³-hybridized carbons (Fsp3) is 0.385. The van der Waals surface area contributed by atoms with Crippen molar-refractivity contribution >= 4 is 5.97 Å². The van der Waals surface area contributed by atoms with Gasteiger partial charge in [-0.2, -0.15) is 5.26 Å². The van der Waals surface area contributed by atoms with Crippen LogP contribution in [0.25, 0.3) is 0 Å². The fourth-order valence-electron chi connectivity index (χ4n) is 1.20. The highest BCUT2D eigenvalue weighted by Crippen LogP contribution is 2.06. The lowest BCUT2D eigenvalue weighted by atomic mass is 10.1. The molecule has 0 aliphatic carbocycles. The average molecular weight is 233 g/mol. The summed E-state index contributed by atoms with van der Waals surface area (Å²) >= 11 is 0. The van der Waals surface area contributed by atoms with Crippen LogP contribution >= 0.6 is 0 Å². The van der Waals surface area contributed by atoms with Crippen LogP contribution in [0.3, 0.4) is 0 Å². The topological polar surface area (TPSA) is 59.3 Å². The van der Waals surface area contributed by atoms with Crippen LogP contribution in [0.1, 0.15) is 29.3 Å². The number of carbonyl (C=O) groups is 1. The Morgan fingerprint density at radius 1 is 1.41 bits per heavy atom. The van der Waals surface area contributed by atoms with Gasteiger partial charge in [-0.05, 0) is 31.2 Å². The largest absolute Gasteiger partial charge is 0.462 e. The molecule has 0 bridgehead atoms. The number of hydrogen-bond acceptors (Lipinski definition) is 4. The van der Waals surface area contributed by atoms with Crippen LogP contribution in [0.4, 0.5) is 0 Å². The molecule has 0 amide bonds. The molecule has 1 aromatic carbocycles. The second-order valence-corrected chi connectivity index (χ2v) is 3.66. The SMILES string of the molecule is COC(C)CCOC(=O)c1ccc(C#N)cc1. The molecule has 0 fully saturated rings. The summed E-state index contributed by atoms with van der Waals surface area (Å²) in [6.45, 7) is 2.24. The number of carbonyl (C=O) groups excluding carboxylic acids is 1. The molecule has 4 heteroatoms. The van der Waals surface area contributed by atoms with Gasteiger partial charge < -0.3 is 9.47 Å². The Labute approximate surface area is 101 Å². The van der Waals surface area contributed by atoms with Crippen LogP contribution in [0.2, 0.25) is 0 Å². The number of methoxy groups -OCH3 is 1. The van der Waals surface area contributed by atoms with E-state index in [0.29, 0.717) is 24.2 Å². The van der Waals surface area contributed by atoms with Gasteiger partial charge in [-0.25, -0.2) is 4.79 Å². The predicted molar refractivity (Wildman–Crippen MR) is 62.5 cm³/mol. The number of hydrogen-bond donors (Lipinski definition) is 0. The average Bonchev–Trinajstić information content (AvgIpc) is 2.38. The second kappa shape index (κ2) is 6.66. The molecule has 0 saturated heterocycles. The summed E-state index contributed by atoms with van der Waals surface area (Å²) in [5.74, 6) is -0.377. The highest BCUT2D eigenvalue weighted by Gasteiger charge is 2.07. The third-order valence-electron chi connectivity index (χ3n) is 2.41. The van der Waals surface area contributed by atoms with Crippen LogP contribution in [-0.2, 0) is 9.47 Å². The lowest BCUT2D eigenvalue weighted by molar-refractivity contribution is 0.0391. The van der Waals surface area contributed by atoms with E-state index in [1.807, 2.05) is 13.0 Å². The summed E-state index contributed by atoms with van der Waals surface area (Å²) in [7, 11) is 1.62. The summed E-state index contributed by atoms with van der Waals surface area (Å²) in [5, 5.41) is 8.62. The fourth-order valence-corrected chi connectivity index (χ4v) is 1.20. The minimum atomic E-state index is -0.377. The molecule has 0 heterocycles.